The van der Waals surface area contributed by atoms with Gasteiger partial charge in [0.05, 0.1) is 23.8 Å². The third-order valence-electron chi connectivity index (χ3n) is 7.64. The van der Waals surface area contributed by atoms with Crippen LogP contribution in [0, 0.1) is 0 Å². The zero-order chi connectivity index (χ0) is 30.3. The highest BCUT2D eigenvalue weighted by Crippen LogP contribution is 2.35. The van der Waals surface area contributed by atoms with Crippen LogP contribution in [-0.2, 0) is 4.74 Å². The predicted molar refractivity (Wildman–Crippen MR) is 186 cm³/mol. The van der Waals surface area contributed by atoms with Gasteiger partial charge in [0.25, 0.3) is 0 Å². The van der Waals surface area contributed by atoms with Gasteiger partial charge in [-0.05, 0) is 52.6 Å². The molecule has 1 aliphatic rings. The first-order valence-corrected chi connectivity index (χ1v) is 15.1. The van der Waals surface area contributed by atoms with Gasteiger partial charge in [-0.2, -0.15) is 0 Å². The van der Waals surface area contributed by atoms with Gasteiger partial charge in [-0.15, -0.1) is 0 Å². The lowest BCUT2D eigenvalue weighted by Crippen LogP contribution is -2.00. The van der Waals surface area contributed by atoms with Gasteiger partial charge >= 0.3 is 11.5 Å². The van der Waals surface area contributed by atoms with Crippen LogP contribution in [0.3, 0.4) is 0 Å². The van der Waals surface area contributed by atoms with Crippen molar-refractivity contribution in [1.82, 2.24) is 0 Å². The van der Waals surface area contributed by atoms with E-state index in [1.54, 1.807) is 0 Å². The number of rotatable bonds is 7. The summed E-state index contributed by atoms with van der Waals surface area (Å²) in [4.78, 5) is 0. The lowest BCUT2D eigenvalue weighted by atomic mass is 9.98. The molecule has 0 spiro atoms. The maximum absolute atomic E-state index is 6.59. The zero-order valence-electron chi connectivity index (χ0n) is 24.7. The van der Waals surface area contributed by atoms with Crippen LogP contribution in [0.4, 0.5) is 0 Å². The van der Waals surface area contributed by atoms with Crippen molar-refractivity contribution in [3.63, 3.8) is 0 Å². The fourth-order valence-electron chi connectivity index (χ4n) is 5.40. The summed E-state index contributed by atoms with van der Waals surface area (Å²) in [5, 5.41) is 0. The Bertz CT molecular complexity index is 1910. The maximum Gasteiger partial charge on any atom is 0.361 e. The Morgan fingerprint density at radius 2 is 0.933 bits per heavy atom. The van der Waals surface area contributed by atoms with Gasteiger partial charge in [-0.3, -0.25) is 0 Å². The van der Waals surface area contributed by atoms with Crippen molar-refractivity contribution in [3.8, 4) is 22.5 Å². The summed E-state index contributed by atoms with van der Waals surface area (Å²) in [5.41, 5.74) is 8.43. The number of hydrogen-bond donors (Lipinski definition) is 0. The molecule has 0 N–H and O–H groups in total. The van der Waals surface area contributed by atoms with Gasteiger partial charge in [-0.25, -0.2) is 4.42 Å². The van der Waals surface area contributed by atoms with E-state index in [2.05, 4.69) is 121 Å². The van der Waals surface area contributed by atoms with E-state index < -0.39 is 0 Å². The number of allylic oxidation sites excluding steroid dienone is 5. The van der Waals surface area contributed by atoms with Crippen LogP contribution in [0.2, 0.25) is 0 Å². The second-order valence-electron chi connectivity index (χ2n) is 10.8. The summed E-state index contributed by atoms with van der Waals surface area (Å²) in [7, 11) is 0. The molecule has 5 aromatic carbocycles. The molecule has 1 aliphatic heterocycles. The Hall–Kier alpha value is -5.99. The first-order chi connectivity index (χ1) is 22.3. The van der Waals surface area contributed by atoms with Gasteiger partial charge < -0.3 is 4.74 Å². The van der Waals surface area contributed by atoms with E-state index in [-0.39, 0.29) is 0 Å². The van der Waals surface area contributed by atoms with E-state index in [0.717, 1.165) is 67.6 Å². The van der Waals surface area contributed by atoms with Crippen LogP contribution in [0.15, 0.2) is 192 Å². The fourth-order valence-corrected chi connectivity index (χ4v) is 5.40. The molecule has 2 nitrogen and oxygen atoms in total. The summed E-state index contributed by atoms with van der Waals surface area (Å²) in [5.74, 6) is 3.18. The van der Waals surface area contributed by atoms with Gasteiger partial charge in [0.1, 0.15) is 11.5 Å². The summed E-state index contributed by atoms with van der Waals surface area (Å²) < 4.78 is 13.1. The molecule has 0 amide bonds. The lowest BCUT2D eigenvalue weighted by Gasteiger charge is -2.19. The normalized spacial score (nSPS) is 13.0. The van der Waals surface area contributed by atoms with Crippen molar-refractivity contribution in [2.75, 3.05) is 0 Å². The number of benzene rings is 5. The second kappa shape index (κ2) is 13.1. The van der Waals surface area contributed by atoms with Crippen molar-refractivity contribution in [3.05, 3.63) is 210 Å². The van der Waals surface area contributed by atoms with E-state index in [0.29, 0.717) is 0 Å². The lowest BCUT2D eigenvalue weighted by molar-refractivity contribution is 0.467. The Labute approximate surface area is 264 Å². The molecule has 0 saturated carbocycles. The average molecular weight is 580 g/mol. The quantitative estimate of drug-likeness (QED) is 0.175. The molecule has 1 aromatic heterocycles. The van der Waals surface area contributed by atoms with Gasteiger partial charge in [-0.1, -0.05) is 140 Å². The minimum Gasteiger partial charge on any atom is -0.456 e. The molecule has 2 heteroatoms. The van der Waals surface area contributed by atoms with E-state index in [1.807, 2.05) is 66.7 Å². The average Bonchev–Trinajstić information content (AvgIpc) is 3.13. The third-order valence-corrected chi connectivity index (χ3v) is 7.64. The Balaban J connectivity index is 1.40. The summed E-state index contributed by atoms with van der Waals surface area (Å²) >= 11 is 0. The predicted octanol–water partition coefficient (Wildman–Crippen LogP) is 11.5. The van der Waals surface area contributed by atoms with Crippen LogP contribution in [-0.4, -0.2) is 0 Å². The Kier molecular flexibility index (Phi) is 8.11. The molecule has 214 valence electrons. The third kappa shape index (κ3) is 6.66. The molecule has 6 aromatic rings. The molecule has 0 saturated heterocycles. The Morgan fingerprint density at radius 3 is 1.47 bits per heavy atom. The first-order valence-electron chi connectivity index (χ1n) is 15.1. The topological polar surface area (TPSA) is 20.5 Å². The molecular formula is C43H31O2+. The molecule has 0 unspecified atom stereocenters. The fraction of sp³-hybridized carbons (Fsp3) is 0. The van der Waals surface area contributed by atoms with Crippen LogP contribution in [0.25, 0.3) is 45.6 Å². The molecule has 0 fully saturated rings. The molecule has 0 atom stereocenters. The molecule has 7 rings (SSSR count). The highest BCUT2D eigenvalue weighted by Gasteiger charge is 2.20. The van der Waals surface area contributed by atoms with E-state index in [9.17, 15) is 0 Å². The van der Waals surface area contributed by atoms with Crippen LogP contribution in [0.5, 0.6) is 0 Å². The second-order valence-corrected chi connectivity index (χ2v) is 10.8. The smallest absolute Gasteiger partial charge is 0.361 e. The van der Waals surface area contributed by atoms with Crippen LogP contribution >= 0.6 is 0 Å². The highest BCUT2D eigenvalue weighted by molar-refractivity contribution is 5.90. The zero-order valence-corrected chi connectivity index (χ0v) is 24.7. The van der Waals surface area contributed by atoms with Crippen molar-refractivity contribution in [1.29, 1.82) is 0 Å². The number of hydrogen-bond acceptors (Lipinski definition) is 1. The van der Waals surface area contributed by atoms with Crippen LogP contribution < -0.4 is 0 Å². The molecule has 0 radical (unpaired) electrons. The Morgan fingerprint density at radius 1 is 0.467 bits per heavy atom. The SMILES string of the molecule is C(=C1C=C(c2ccccc2)OC(c2ccccc2)=C1)/C(=C/c1cc(-c2ccccc2)cc(-c2ccccc2)[o+]1)c1ccccc1. The highest BCUT2D eigenvalue weighted by atomic mass is 16.5. The molecule has 0 aliphatic carbocycles. The molecule has 2 heterocycles. The summed E-state index contributed by atoms with van der Waals surface area (Å²) in [6.07, 6.45) is 8.54. The standard InChI is InChI=1S/C43H31O2/c1-6-16-33(17-7-1)38(26-32-27-41(35-20-10-3-11-21-35)45-42(28-32)36-22-12-4-13-23-36)29-40-30-39(34-18-8-2-9-19-34)31-43(44-40)37-24-14-5-15-25-37/h1-31H/q+1. The number of ether oxygens (including phenoxy) is 1. The molecular weight excluding hydrogens is 548 g/mol. The molecule has 45 heavy (non-hydrogen) atoms. The largest absolute Gasteiger partial charge is 0.456 e. The van der Waals surface area contributed by atoms with Crippen molar-refractivity contribution in [2.45, 2.75) is 0 Å². The van der Waals surface area contributed by atoms with Gasteiger partial charge in [0.2, 0.25) is 0 Å². The minimum absolute atomic E-state index is 0.762. The minimum atomic E-state index is 0.762. The van der Waals surface area contributed by atoms with Crippen molar-refractivity contribution in [2.24, 2.45) is 0 Å². The van der Waals surface area contributed by atoms with E-state index in [4.69, 9.17) is 9.15 Å². The van der Waals surface area contributed by atoms with Crippen molar-refractivity contribution < 1.29 is 9.15 Å². The van der Waals surface area contributed by atoms with Gasteiger partial charge in [0, 0.05) is 16.7 Å². The first kappa shape index (κ1) is 27.8. The molecule has 0 bridgehead atoms. The van der Waals surface area contributed by atoms with E-state index >= 15 is 0 Å². The summed E-state index contributed by atoms with van der Waals surface area (Å²) in [6.45, 7) is 0. The van der Waals surface area contributed by atoms with Crippen molar-refractivity contribution >= 4 is 23.2 Å². The van der Waals surface area contributed by atoms with E-state index in [1.165, 1.54) is 0 Å². The monoisotopic (exact) mass is 579 g/mol. The van der Waals surface area contributed by atoms with Crippen LogP contribution in [0.1, 0.15) is 22.5 Å². The maximum atomic E-state index is 6.59. The summed E-state index contributed by atoms with van der Waals surface area (Å²) in [6, 6.07) is 55.8. The van der Waals surface area contributed by atoms with Gasteiger partial charge in [0.15, 0.2) is 0 Å².